The third-order valence-corrected chi connectivity index (χ3v) is 3.73. The average molecular weight is 300 g/mol. The zero-order valence-electron chi connectivity index (χ0n) is 9.56. The molecule has 0 aliphatic carbocycles. The van der Waals surface area contributed by atoms with E-state index >= 15 is 0 Å². The third-order valence-electron chi connectivity index (χ3n) is 3.04. The van der Waals surface area contributed by atoms with Gasteiger partial charge in [0.05, 0.1) is 11.4 Å². The minimum absolute atomic E-state index is 0.706. The van der Waals surface area contributed by atoms with Crippen molar-refractivity contribution in [2.75, 3.05) is 0 Å². The lowest BCUT2D eigenvalue weighted by Crippen LogP contribution is -2.01. The number of carbonyl (C=O) groups is 1. The monoisotopic (exact) mass is 299 g/mol. The Morgan fingerprint density at radius 1 is 1.17 bits per heavy atom. The molecule has 0 atom stereocenters. The van der Waals surface area contributed by atoms with Crippen molar-refractivity contribution in [2.45, 2.75) is 6.42 Å². The van der Waals surface area contributed by atoms with Crippen LogP contribution in [-0.2, 0) is 6.42 Å². The number of hydrogen-bond acceptors (Lipinski definition) is 2. The van der Waals surface area contributed by atoms with Crippen molar-refractivity contribution in [1.82, 2.24) is 0 Å². The van der Waals surface area contributed by atoms with Crippen LogP contribution >= 0.6 is 15.9 Å². The first-order valence-electron chi connectivity index (χ1n) is 5.68. The number of rotatable bonds is 2. The van der Waals surface area contributed by atoms with E-state index in [1.807, 2.05) is 30.3 Å². The molecule has 0 amide bonds. The van der Waals surface area contributed by atoms with E-state index in [-0.39, 0.29) is 0 Å². The molecule has 0 bridgehead atoms. The van der Waals surface area contributed by atoms with Gasteiger partial charge in [0, 0.05) is 22.0 Å². The number of nitrogens with zero attached hydrogens (tertiary/aromatic N) is 1. The summed E-state index contributed by atoms with van der Waals surface area (Å²) in [5.74, 6) is 0. The van der Waals surface area contributed by atoms with Crippen molar-refractivity contribution in [3.05, 3.63) is 63.6 Å². The van der Waals surface area contributed by atoms with E-state index in [4.69, 9.17) is 0 Å². The summed E-state index contributed by atoms with van der Waals surface area (Å²) in [6.45, 7) is 0. The van der Waals surface area contributed by atoms with Crippen molar-refractivity contribution < 1.29 is 4.79 Å². The van der Waals surface area contributed by atoms with E-state index in [1.54, 1.807) is 6.07 Å². The lowest BCUT2D eigenvalue weighted by Gasteiger charge is -2.02. The third kappa shape index (κ3) is 1.91. The molecule has 88 valence electrons. The standard InChI is InChI=1S/C15H10BrNO/c16-13-4-2-1-3-12(13)15-8-11-7-10(9-18)5-6-14(11)17-15/h1-7,9H,8H2. The second-order valence-corrected chi connectivity index (χ2v) is 5.08. The molecule has 2 aromatic rings. The van der Waals surface area contributed by atoms with Gasteiger partial charge in [0.15, 0.2) is 0 Å². The van der Waals surface area contributed by atoms with Gasteiger partial charge < -0.3 is 0 Å². The molecule has 0 radical (unpaired) electrons. The highest BCUT2D eigenvalue weighted by atomic mass is 79.9. The maximum atomic E-state index is 10.8. The Hall–Kier alpha value is -1.74. The summed E-state index contributed by atoms with van der Waals surface area (Å²) >= 11 is 3.54. The van der Waals surface area contributed by atoms with E-state index in [0.29, 0.717) is 5.56 Å². The second-order valence-electron chi connectivity index (χ2n) is 4.22. The van der Waals surface area contributed by atoms with Gasteiger partial charge in [-0.3, -0.25) is 9.79 Å². The summed E-state index contributed by atoms with van der Waals surface area (Å²) in [5, 5.41) is 0. The fourth-order valence-corrected chi connectivity index (χ4v) is 2.66. The van der Waals surface area contributed by atoms with Crippen molar-refractivity contribution in [2.24, 2.45) is 4.99 Å². The molecule has 1 heterocycles. The summed E-state index contributed by atoms with van der Waals surface area (Å²) in [4.78, 5) is 15.4. The Balaban J connectivity index is 2.01. The van der Waals surface area contributed by atoms with E-state index in [2.05, 4.69) is 27.0 Å². The molecule has 0 fully saturated rings. The first kappa shape index (κ1) is 11.4. The predicted octanol–water partition coefficient (Wildman–Crippen LogP) is 3.94. The Morgan fingerprint density at radius 3 is 2.78 bits per heavy atom. The van der Waals surface area contributed by atoms with Crippen LogP contribution in [0.3, 0.4) is 0 Å². The summed E-state index contributed by atoms with van der Waals surface area (Å²) < 4.78 is 1.05. The highest BCUT2D eigenvalue weighted by molar-refractivity contribution is 9.10. The van der Waals surface area contributed by atoms with E-state index in [1.165, 1.54) is 0 Å². The molecule has 2 aromatic carbocycles. The van der Waals surface area contributed by atoms with Crippen LogP contribution in [0.15, 0.2) is 51.9 Å². The van der Waals surface area contributed by atoms with E-state index in [0.717, 1.165) is 39.7 Å². The topological polar surface area (TPSA) is 29.4 Å². The summed E-state index contributed by atoms with van der Waals surface area (Å²) in [7, 11) is 0. The van der Waals surface area contributed by atoms with Gasteiger partial charge in [-0.2, -0.15) is 0 Å². The Morgan fingerprint density at radius 2 is 2.00 bits per heavy atom. The van der Waals surface area contributed by atoms with Crippen molar-refractivity contribution in [3.63, 3.8) is 0 Å². The molecule has 0 aromatic heterocycles. The molecule has 18 heavy (non-hydrogen) atoms. The maximum Gasteiger partial charge on any atom is 0.150 e. The number of aldehydes is 1. The number of halogens is 1. The van der Waals surface area contributed by atoms with Gasteiger partial charge in [-0.25, -0.2) is 0 Å². The SMILES string of the molecule is O=Cc1ccc2c(c1)CC(c1ccccc1Br)=N2. The minimum atomic E-state index is 0.706. The molecular formula is C15H10BrNO. The van der Waals surface area contributed by atoms with Crippen LogP contribution in [0.4, 0.5) is 5.69 Å². The largest absolute Gasteiger partial charge is 0.298 e. The smallest absolute Gasteiger partial charge is 0.150 e. The van der Waals surface area contributed by atoms with E-state index < -0.39 is 0 Å². The van der Waals surface area contributed by atoms with Gasteiger partial charge >= 0.3 is 0 Å². The van der Waals surface area contributed by atoms with Gasteiger partial charge in [-0.1, -0.05) is 34.1 Å². The summed E-state index contributed by atoms with van der Waals surface area (Å²) in [6.07, 6.45) is 1.65. The lowest BCUT2D eigenvalue weighted by atomic mass is 10.0. The normalized spacial score (nSPS) is 13.1. The molecule has 0 N–H and O–H groups in total. The quantitative estimate of drug-likeness (QED) is 0.772. The van der Waals surface area contributed by atoms with Gasteiger partial charge in [0.25, 0.3) is 0 Å². The number of benzene rings is 2. The fraction of sp³-hybridized carbons (Fsp3) is 0.0667. The van der Waals surface area contributed by atoms with Crippen LogP contribution < -0.4 is 0 Å². The fourth-order valence-electron chi connectivity index (χ4n) is 2.15. The molecule has 0 saturated heterocycles. The van der Waals surface area contributed by atoms with E-state index in [9.17, 15) is 4.79 Å². The van der Waals surface area contributed by atoms with Crippen LogP contribution in [0.2, 0.25) is 0 Å². The molecule has 0 spiro atoms. The molecule has 0 unspecified atom stereocenters. The molecule has 3 rings (SSSR count). The number of hydrogen-bond donors (Lipinski definition) is 0. The van der Waals surface area contributed by atoms with Gasteiger partial charge in [0.1, 0.15) is 6.29 Å². The van der Waals surface area contributed by atoms with Crippen molar-refractivity contribution in [1.29, 1.82) is 0 Å². The molecular weight excluding hydrogens is 290 g/mol. The van der Waals surface area contributed by atoms with Crippen LogP contribution in [0.25, 0.3) is 0 Å². The van der Waals surface area contributed by atoms with Crippen LogP contribution in [0.5, 0.6) is 0 Å². The zero-order valence-corrected chi connectivity index (χ0v) is 11.1. The Bertz CT molecular complexity index is 661. The molecule has 1 aliphatic rings. The molecule has 0 saturated carbocycles. The van der Waals surface area contributed by atoms with Crippen LogP contribution in [-0.4, -0.2) is 12.0 Å². The van der Waals surface area contributed by atoms with Gasteiger partial charge in [-0.15, -0.1) is 0 Å². The maximum absolute atomic E-state index is 10.8. The molecule has 1 aliphatic heterocycles. The van der Waals surface area contributed by atoms with Crippen molar-refractivity contribution in [3.8, 4) is 0 Å². The summed E-state index contributed by atoms with van der Waals surface area (Å²) in [6, 6.07) is 13.7. The summed E-state index contributed by atoms with van der Waals surface area (Å²) in [5.41, 5.74) is 4.94. The number of fused-ring (bicyclic) bond motifs is 1. The minimum Gasteiger partial charge on any atom is -0.298 e. The molecule has 2 nitrogen and oxygen atoms in total. The molecule has 3 heteroatoms. The number of carbonyl (C=O) groups excluding carboxylic acids is 1. The number of aliphatic imine (C=N–C) groups is 1. The first-order chi connectivity index (χ1) is 8.78. The highest BCUT2D eigenvalue weighted by Crippen LogP contribution is 2.31. The van der Waals surface area contributed by atoms with Gasteiger partial charge in [0.2, 0.25) is 0 Å². The predicted molar refractivity (Wildman–Crippen MR) is 75.9 cm³/mol. The Kier molecular flexibility index (Phi) is 2.84. The Labute approximate surface area is 114 Å². The van der Waals surface area contributed by atoms with Crippen LogP contribution in [0.1, 0.15) is 21.5 Å². The highest BCUT2D eigenvalue weighted by Gasteiger charge is 2.17. The van der Waals surface area contributed by atoms with Crippen LogP contribution in [0, 0.1) is 0 Å². The lowest BCUT2D eigenvalue weighted by molar-refractivity contribution is 0.112. The first-order valence-corrected chi connectivity index (χ1v) is 6.48. The van der Waals surface area contributed by atoms with Gasteiger partial charge in [-0.05, 0) is 29.8 Å². The second kappa shape index (κ2) is 4.50. The van der Waals surface area contributed by atoms with Crippen molar-refractivity contribution >= 4 is 33.6 Å². The average Bonchev–Trinajstić information content (AvgIpc) is 2.81. The zero-order chi connectivity index (χ0) is 12.5.